The molecule has 0 aliphatic carbocycles. The molecule has 1 aromatic carbocycles. The summed E-state index contributed by atoms with van der Waals surface area (Å²) in [4.78, 5) is 12.5. The number of nitrogens with zero attached hydrogens (tertiary/aromatic N) is 1. The zero-order valence-electron chi connectivity index (χ0n) is 11.3. The van der Waals surface area contributed by atoms with Gasteiger partial charge in [-0.15, -0.1) is 0 Å². The molecule has 0 aliphatic rings. The zero-order chi connectivity index (χ0) is 16.4. The van der Waals surface area contributed by atoms with Crippen LogP contribution in [0.5, 0.6) is 0 Å². The Hall–Kier alpha value is -0.730. The van der Waals surface area contributed by atoms with E-state index in [2.05, 4.69) is 15.9 Å². The number of hydrogen-bond acceptors (Lipinski definition) is 3. The summed E-state index contributed by atoms with van der Waals surface area (Å²) < 4.78 is 50.6. The molecule has 1 rings (SSSR count). The van der Waals surface area contributed by atoms with Gasteiger partial charge >= 0.3 is 0 Å². The lowest BCUT2D eigenvalue weighted by atomic mass is 10.1. The first-order chi connectivity index (χ1) is 9.65. The van der Waals surface area contributed by atoms with Crippen molar-refractivity contribution in [2.45, 2.75) is 25.2 Å². The highest BCUT2D eigenvalue weighted by atomic mass is 79.9. The fourth-order valence-corrected chi connectivity index (χ4v) is 4.18. The third-order valence-corrected chi connectivity index (χ3v) is 4.99. The van der Waals surface area contributed by atoms with Crippen molar-refractivity contribution < 1.29 is 22.0 Å². The van der Waals surface area contributed by atoms with E-state index in [0.29, 0.717) is 19.0 Å². The largest absolute Gasteiger partial charge is 0.339 e. The molecule has 0 heterocycles. The second-order valence-electron chi connectivity index (χ2n) is 4.18. The summed E-state index contributed by atoms with van der Waals surface area (Å²) in [6.07, 6.45) is 0.597. The molecular formula is C12H13BrClF2NO3S. The van der Waals surface area contributed by atoms with E-state index in [-0.39, 0.29) is 11.0 Å². The lowest BCUT2D eigenvalue weighted by Gasteiger charge is -2.21. The van der Waals surface area contributed by atoms with Crippen molar-refractivity contribution in [3.05, 3.63) is 27.7 Å². The highest BCUT2D eigenvalue weighted by Crippen LogP contribution is 2.32. The van der Waals surface area contributed by atoms with Crippen LogP contribution in [0.2, 0.25) is 0 Å². The van der Waals surface area contributed by atoms with Gasteiger partial charge in [-0.3, -0.25) is 4.79 Å². The summed E-state index contributed by atoms with van der Waals surface area (Å²) in [6.45, 7) is 4.00. The maximum Gasteiger partial charge on any atom is 0.265 e. The Morgan fingerprint density at radius 1 is 1.38 bits per heavy atom. The Kier molecular flexibility index (Phi) is 6.12. The van der Waals surface area contributed by atoms with Gasteiger partial charge in [0.25, 0.3) is 15.0 Å². The molecule has 0 bridgehead atoms. The minimum Gasteiger partial charge on any atom is -0.339 e. The third kappa shape index (κ3) is 3.92. The molecular weight excluding hydrogens is 392 g/mol. The van der Waals surface area contributed by atoms with Crippen LogP contribution in [0.4, 0.5) is 8.78 Å². The van der Waals surface area contributed by atoms with E-state index in [1.54, 1.807) is 13.8 Å². The average Bonchev–Trinajstić information content (AvgIpc) is 2.32. The van der Waals surface area contributed by atoms with Gasteiger partial charge in [0.15, 0.2) is 5.82 Å². The monoisotopic (exact) mass is 403 g/mol. The van der Waals surface area contributed by atoms with Crippen molar-refractivity contribution >= 4 is 41.6 Å². The van der Waals surface area contributed by atoms with Crippen LogP contribution in [0.3, 0.4) is 0 Å². The van der Waals surface area contributed by atoms with Crippen molar-refractivity contribution in [2.24, 2.45) is 0 Å². The topological polar surface area (TPSA) is 54.5 Å². The van der Waals surface area contributed by atoms with E-state index in [1.165, 1.54) is 4.90 Å². The van der Waals surface area contributed by atoms with E-state index in [0.717, 1.165) is 0 Å². The maximum absolute atomic E-state index is 14.3. The summed E-state index contributed by atoms with van der Waals surface area (Å²) in [6, 6.07) is 0.714. The molecule has 0 fully saturated rings. The van der Waals surface area contributed by atoms with E-state index in [9.17, 15) is 22.0 Å². The Bertz CT molecular complexity index is 667. The van der Waals surface area contributed by atoms with Gasteiger partial charge in [-0.25, -0.2) is 17.2 Å². The van der Waals surface area contributed by atoms with E-state index >= 15 is 0 Å². The molecule has 9 heteroatoms. The number of amides is 1. The molecule has 118 valence electrons. The van der Waals surface area contributed by atoms with Gasteiger partial charge in [0.2, 0.25) is 0 Å². The first-order valence-corrected chi connectivity index (χ1v) is 9.16. The molecule has 1 aromatic rings. The zero-order valence-corrected chi connectivity index (χ0v) is 14.4. The molecule has 0 N–H and O–H groups in total. The van der Waals surface area contributed by atoms with Crippen molar-refractivity contribution in [2.75, 3.05) is 13.1 Å². The summed E-state index contributed by atoms with van der Waals surface area (Å²) in [5, 5.41) is 0. The smallest absolute Gasteiger partial charge is 0.265 e. The highest BCUT2D eigenvalue weighted by molar-refractivity contribution is 9.10. The quantitative estimate of drug-likeness (QED) is 0.706. The van der Waals surface area contributed by atoms with Crippen molar-refractivity contribution in [1.29, 1.82) is 0 Å². The fraction of sp³-hybridized carbons (Fsp3) is 0.417. The first kappa shape index (κ1) is 18.3. The summed E-state index contributed by atoms with van der Waals surface area (Å²) in [7, 11) is 0.659. The van der Waals surface area contributed by atoms with Gasteiger partial charge in [0, 0.05) is 28.2 Å². The predicted molar refractivity (Wildman–Crippen MR) is 79.0 cm³/mol. The second kappa shape index (κ2) is 7.02. The summed E-state index contributed by atoms with van der Waals surface area (Å²) >= 11 is 2.73. The number of hydrogen-bond donors (Lipinski definition) is 0. The minimum absolute atomic E-state index is 0.241. The molecule has 0 saturated heterocycles. The summed E-state index contributed by atoms with van der Waals surface area (Å²) in [5.74, 6) is -3.55. The molecule has 0 spiro atoms. The molecule has 1 amide bonds. The van der Waals surface area contributed by atoms with Crippen LogP contribution in [0.25, 0.3) is 0 Å². The number of carbonyl (C=O) groups is 1. The second-order valence-corrected chi connectivity index (χ2v) is 7.54. The standard InChI is InChI=1S/C12H13BrClF2NO3S/c1-3-5-17(4-2)12(18)9-8(15)6-7(13)11(10(9)16)21(14,19)20/h6H,3-5H2,1-2H3. The lowest BCUT2D eigenvalue weighted by molar-refractivity contribution is 0.0754. The van der Waals surface area contributed by atoms with Crippen molar-refractivity contribution in [1.82, 2.24) is 4.90 Å². The van der Waals surface area contributed by atoms with Gasteiger partial charge in [-0.05, 0) is 35.3 Å². The first-order valence-electron chi connectivity index (χ1n) is 6.06. The number of halogens is 4. The Balaban J connectivity index is 3.54. The third-order valence-electron chi connectivity index (χ3n) is 2.75. The molecule has 0 aromatic heterocycles. The molecule has 21 heavy (non-hydrogen) atoms. The highest BCUT2D eigenvalue weighted by Gasteiger charge is 2.30. The van der Waals surface area contributed by atoms with Crippen LogP contribution >= 0.6 is 26.6 Å². The predicted octanol–water partition coefficient (Wildman–Crippen LogP) is 3.53. The number of benzene rings is 1. The number of rotatable bonds is 5. The van der Waals surface area contributed by atoms with Gasteiger partial charge < -0.3 is 4.90 Å². The summed E-state index contributed by atoms with van der Waals surface area (Å²) in [5.41, 5.74) is -0.923. The van der Waals surface area contributed by atoms with E-state index in [4.69, 9.17) is 10.7 Å². The minimum atomic E-state index is -4.47. The van der Waals surface area contributed by atoms with Crippen LogP contribution in [0.1, 0.15) is 30.6 Å². The van der Waals surface area contributed by atoms with E-state index in [1.807, 2.05) is 0 Å². The van der Waals surface area contributed by atoms with Crippen LogP contribution in [-0.2, 0) is 9.05 Å². The maximum atomic E-state index is 14.3. The molecule has 0 aliphatic heterocycles. The molecule has 0 unspecified atom stereocenters. The van der Waals surface area contributed by atoms with Crippen LogP contribution in [-0.4, -0.2) is 32.3 Å². The molecule has 0 atom stereocenters. The average molecular weight is 405 g/mol. The SMILES string of the molecule is CCCN(CC)C(=O)c1c(F)cc(Br)c(S(=O)(=O)Cl)c1F. The molecule has 0 saturated carbocycles. The van der Waals surface area contributed by atoms with Crippen LogP contribution in [0, 0.1) is 11.6 Å². The van der Waals surface area contributed by atoms with Gasteiger partial charge in [0.05, 0.1) is 0 Å². The van der Waals surface area contributed by atoms with Crippen LogP contribution < -0.4 is 0 Å². The van der Waals surface area contributed by atoms with Gasteiger partial charge in [-0.1, -0.05) is 6.92 Å². The fourth-order valence-electron chi connectivity index (χ4n) is 1.82. The number of carbonyl (C=O) groups excluding carboxylic acids is 1. The van der Waals surface area contributed by atoms with Gasteiger partial charge in [0.1, 0.15) is 16.3 Å². The molecule has 0 radical (unpaired) electrons. The van der Waals surface area contributed by atoms with Crippen molar-refractivity contribution in [3.8, 4) is 0 Å². The van der Waals surface area contributed by atoms with E-state index < -0.39 is 37.1 Å². The Morgan fingerprint density at radius 3 is 2.38 bits per heavy atom. The van der Waals surface area contributed by atoms with Crippen LogP contribution in [0.15, 0.2) is 15.4 Å². The normalized spacial score (nSPS) is 11.5. The van der Waals surface area contributed by atoms with Gasteiger partial charge in [-0.2, -0.15) is 0 Å². The molecule has 4 nitrogen and oxygen atoms in total. The Morgan fingerprint density at radius 2 is 1.95 bits per heavy atom. The lowest BCUT2D eigenvalue weighted by Crippen LogP contribution is -2.33. The Labute approximate surface area is 134 Å². The van der Waals surface area contributed by atoms with Crippen molar-refractivity contribution in [3.63, 3.8) is 0 Å².